The highest BCUT2D eigenvalue weighted by molar-refractivity contribution is 7.99. The largest absolute Gasteiger partial charge is 0.399 e. The van der Waals surface area contributed by atoms with Crippen LogP contribution in [0.5, 0.6) is 0 Å². The Morgan fingerprint density at radius 1 is 1.53 bits per heavy atom. The van der Waals surface area contributed by atoms with Crippen LogP contribution in [0.2, 0.25) is 0 Å². The Kier molecular flexibility index (Phi) is 2.97. The van der Waals surface area contributed by atoms with Crippen LogP contribution in [0.15, 0.2) is 36.0 Å². The van der Waals surface area contributed by atoms with Crippen LogP contribution < -0.4 is 5.73 Å². The van der Waals surface area contributed by atoms with Crippen molar-refractivity contribution in [2.45, 2.75) is 11.6 Å². The predicted molar refractivity (Wildman–Crippen MR) is 66.0 cm³/mol. The molecule has 4 heteroatoms. The first kappa shape index (κ1) is 10.1. The molecule has 15 heavy (non-hydrogen) atoms. The standard InChI is InChI=1S/C11H13N3S/c1-2-3-6-15-11-13-9-5-4-8(12)7-10(9)14-11/h2,4-5,7H,1,3,6,12H2,(H,13,14). The number of rotatable bonds is 4. The maximum absolute atomic E-state index is 5.69. The number of H-pyrrole nitrogens is 1. The molecule has 2 aromatic rings. The average molecular weight is 219 g/mol. The SMILES string of the molecule is C=CCCSc1nc2ccc(N)cc2[nH]1. The zero-order valence-corrected chi connectivity index (χ0v) is 9.18. The molecule has 1 aromatic heterocycles. The van der Waals surface area contributed by atoms with E-state index < -0.39 is 0 Å². The van der Waals surface area contributed by atoms with Gasteiger partial charge in [-0.3, -0.25) is 0 Å². The third kappa shape index (κ3) is 2.33. The van der Waals surface area contributed by atoms with Gasteiger partial charge < -0.3 is 10.7 Å². The normalized spacial score (nSPS) is 10.7. The van der Waals surface area contributed by atoms with Crippen LogP contribution in [0.25, 0.3) is 11.0 Å². The van der Waals surface area contributed by atoms with Crippen molar-refractivity contribution in [2.24, 2.45) is 0 Å². The number of fused-ring (bicyclic) bond motifs is 1. The molecule has 0 aliphatic heterocycles. The van der Waals surface area contributed by atoms with Gasteiger partial charge in [-0.1, -0.05) is 17.8 Å². The van der Waals surface area contributed by atoms with Gasteiger partial charge in [0.25, 0.3) is 0 Å². The molecule has 0 saturated heterocycles. The van der Waals surface area contributed by atoms with E-state index in [0.29, 0.717) is 0 Å². The number of nitrogens with zero attached hydrogens (tertiary/aromatic N) is 1. The summed E-state index contributed by atoms with van der Waals surface area (Å²) in [5.41, 5.74) is 8.40. The summed E-state index contributed by atoms with van der Waals surface area (Å²) in [6.07, 6.45) is 2.90. The van der Waals surface area contributed by atoms with Crippen molar-refractivity contribution in [3.05, 3.63) is 30.9 Å². The van der Waals surface area contributed by atoms with Gasteiger partial charge in [0.2, 0.25) is 0 Å². The molecule has 0 amide bonds. The molecule has 0 aliphatic rings. The summed E-state index contributed by atoms with van der Waals surface area (Å²) in [6, 6.07) is 5.69. The highest BCUT2D eigenvalue weighted by Crippen LogP contribution is 2.21. The third-order valence-electron chi connectivity index (χ3n) is 2.04. The van der Waals surface area contributed by atoms with Gasteiger partial charge in [0.1, 0.15) is 0 Å². The lowest BCUT2D eigenvalue weighted by atomic mass is 10.3. The summed E-state index contributed by atoms with van der Waals surface area (Å²) < 4.78 is 0. The number of allylic oxidation sites excluding steroid dienone is 1. The first-order valence-electron chi connectivity index (χ1n) is 4.78. The molecule has 0 bridgehead atoms. The second-order valence-electron chi connectivity index (χ2n) is 3.24. The van der Waals surface area contributed by atoms with E-state index in [4.69, 9.17) is 5.73 Å². The number of aromatic amines is 1. The average Bonchev–Trinajstić information content (AvgIpc) is 2.60. The van der Waals surface area contributed by atoms with E-state index >= 15 is 0 Å². The molecule has 0 aliphatic carbocycles. The maximum Gasteiger partial charge on any atom is 0.166 e. The summed E-state index contributed by atoms with van der Waals surface area (Å²) >= 11 is 1.70. The molecule has 0 radical (unpaired) electrons. The van der Waals surface area contributed by atoms with E-state index in [9.17, 15) is 0 Å². The lowest BCUT2D eigenvalue weighted by Gasteiger charge is -1.91. The van der Waals surface area contributed by atoms with E-state index in [-0.39, 0.29) is 0 Å². The number of hydrogen-bond acceptors (Lipinski definition) is 3. The van der Waals surface area contributed by atoms with Gasteiger partial charge in [-0.15, -0.1) is 6.58 Å². The topological polar surface area (TPSA) is 54.7 Å². The number of anilines is 1. The van der Waals surface area contributed by atoms with Crippen molar-refractivity contribution >= 4 is 28.5 Å². The van der Waals surface area contributed by atoms with Crippen molar-refractivity contribution < 1.29 is 0 Å². The first-order valence-corrected chi connectivity index (χ1v) is 5.77. The van der Waals surface area contributed by atoms with Crippen LogP contribution in [-0.4, -0.2) is 15.7 Å². The second kappa shape index (κ2) is 4.40. The monoisotopic (exact) mass is 219 g/mol. The number of hydrogen-bond donors (Lipinski definition) is 2. The van der Waals surface area contributed by atoms with Gasteiger partial charge in [0.15, 0.2) is 5.16 Å². The minimum absolute atomic E-state index is 0.758. The minimum atomic E-state index is 0.758. The minimum Gasteiger partial charge on any atom is -0.399 e. The Morgan fingerprint density at radius 2 is 2.40 bits per heavy atom. The summed E-state index contributed by atoms with van der Waals surface area (Å²) in [6.45, 7) is 3.69. The molecule has 3 nitrogen and oxygen atoms in total. The van der Waals surface area contributed by atoms with Crippen molar-refractivity contribution in [1.29, 1.82) is 0 Å². The van der Waals surface area contributed by atoms with Crippen LogP contribution in [0, 0.1) is 0 Å². The summed E-state index contributed by atoms with van der Waals surface area (Å²) in [4.78, 5) is 7.68. The zero-order chi connectivity index (χ0) is 10.7. The molecular weight excluding hydrogens is 206 g/mol. The van der Waals surface area contributed by atoms with Crippen molar-refractivity contribution in [2.75, 3.05) is 11.5 Å². The molecule has 3 N–H and O–H groups in total. The second-order valence-corrected chi connectivity index (χ2v) is 4.33. The van der Waals surface area contributed by atoms with E-state index in [1.54, 1.807) is 11.8 Å². The predicted octanol–water partition coefficient (Wildman–Crippen LogP) is 2.81. The molecule has 0 unspecified atom stereocenters. The van der Waals surface area contributed by atoms with Gasteiger partial charge in [-0.25, -0.2) is 4.98 Å². The Morgan fingerprint density at radius 3 is 3.20 bits per heavy atom. The highest BCUT2D eigenvalue weighted by Gasteiger charge is 2.02. The molecule has 78 valence electrons. The smallest absolute Gasteiger partial charge is 0.166 e. The van der Waals surface area contributed by atoms with Crippen LogP contribution >= 0.6 is 11.8 Å². The van der Waals surface area contributed by atoms with Crippen molar-refractivity contribution in [1.82, 2.24) is 9.97 Å². The lowest BCUT2D eigenvalue weighted by molar-refractivity contribution is 1.07. The third-order valence-corrected chi connectivity index (χ3v) is 2.95. The number of nitrogen functional groups attached to an aromatic ring is 1. The molecule has 0 atom stereocenters. The summed E-state index contributed by atoms with van der Waals surface area (Å²) in [5, 5.41) is 0.942. The fraction of sp³-hybridized carbons (Fsp3) is 0.182. The number of imidazole rings is 1. The van der Waals surface area contributed by atoms with E-state index in [2.05, 4.69) is 16.5 Å². The molecular formula is C11H13N3S. The maximum atomic E-state index is 5.69. The Balaban J connectivity index is 2.19. The quantitative estimate of drug-likeness (QED) is 0.360. The van der Waals surface area contributed by atoms with Gasteiger partial charge in [0.05, 0.1) is 11.0 Å². The van der Waals surface area contributed by atoms with E-state index in [1.165, 1.54) is 0 Å². The highest BCUT2D eigenvalue weighted by atomic mass is 32.2. The molecule has 0 spiro atoms. The van der Waals surface area contributed by atoms with Crippen LogP contribution in [0.1, 0.15) is 6.42 Å². The number of aromatic nitrogens is 2. The van der Waals surface area contributed by atoms with Gasteiger partial charge in [-0.05, 0) is 24.6 Å². The number of benzene rings is 1. The Bertz CT molecular complexity index is 476. The molecule has 1 aromatic carbocycles. The van der Waals surface area contributed by atoms with Crippen LogP contribution in [-0.2, 0) is 0 Å². The van der Waals surface area contributed by atoms with Gasteiger partial charge in [-0.2, -0.15) is 0 Å². The summed E-state index contributed by atoms with van der Waals surface area (Å²) in [5.74, 6) is 0.999. The number of nitrogens with two attached hydrogens (primary N) is 1. The van der Waals surface area contributed by atoms with E-state index in [0.717, 1.165) is 34.1 Å². The van der Waals surface area contributed by atoms with Crippen molar-refractivity contribution in [3.8, 4) is 0 Å². The number of nitrogens with one attached hydrogen (secondary N) is 1. The fourth-order valence-electron chi connectivity index (χ4n) is 1.31. The fourth-order valence-corrected chi connectivity index (χ4v) is 2.13. The van der Waals surface area contributed by atoms with Crippen LogP contribution in [0.4, 0.5) is 5.69 Å². The van der Waals surface area contributed by atoms with Crippen LogP contribution in [0.3, 0.4) is 0 Å². The summed E-state index contributed by atoms with van der Waals surface area (Å²) in [7, 11) is 0. The first-order chi connectivity index (χ1) is 7.29. The molecule has 1 heterocycles. The van der Waals surface area contributed by atoms with Gasteiger partial charge in [0, 0.05) is 11.4 Å². The molecule has 0 fully saturated rings. The zero-order valence-electron chi connectivity index (χ0n) is 8.36. The molecule has 0 saturated carbocycles. The molecule has 2 rings (SSSR count). The number of thioether (sulfide) groups is 1. The van der Waals surface area contributed by atoms with Gasteiger partial charge >= 0.3 is 0 Å². The van der Waals surface area contributed by atoms with Crippen molar-refractivity contribution in [3.63, 3.8) is 0 Å². The Hall–Kier alpha value is -1.42. The van der Waals surface area contributed by atoms with E-state index in [1.807, 2.05) is 24.3 Å². The lowest BCUT2D eigenvalue weighted by Crippen LogP contribution is -1.82. The Labute approximate surface area is 92.8 Å².